The van der Waals surface area contributed by atoms with Crippen LogP contribution in [0.2, 0.25) is 0 Å². The van der Waals surface area contributed by atoms with Crippen molar-refractivity contribution in [1.29, 1.82) is 0 Å². The molecule has 0 atom stereocenters. The van der Waals surface area contributed by atoms with Gasteiger partial charge in [0.1, 0.15) is 5.54 Å². The highest BCUT2D eigenvalue weighted by atomic mass is 32.1. The smallest absolute Gasteiger partial charge is 0.360 e. The molecule has 2 saturated heterocycles. The van der Waals surface area contributed by atoms with E-state index in [9.17, 15) is 9.59 Å². The molecule has 1 amide bonds. The van der Waals surface area contributed by atoms with Crippen molar-refractivity contribution in [3.05, 3.63) is 94.8 Å². The van der Waals surface area contributed by atoms with E-state index in [-0.39, 0.29) is 18.1 Å². The Morgan fingerprint density at radius 1 is 1.05 bits per heavy atom. The van der Waals surface area contributed by atoms with Crippen LogP contribution in [0.4, 0.5) is 5.69 Å². The zero-order valence-electron chi connectivity index (χ0n) is 21.8. The molecule has 6 rings (SSSR count). The molecule has 39 heavy (non-hydrogen) atoms. The van der Waals surface area contributed by atoms with Crippen molar-refractivity contribution in [2.24, 2.45) is 0 Å². The number of methoxy groups -OCH3 is 1. The van der Waals surface area contributed by atoms with Gasteiger partial charge in [-0.05, 0) is 58.5 Å². The summed E-state index contributed by atoms with van der Waals surface area (Å²) in [5, 5.41) is 4.30. The van der Waals surface area contributed by atoms with Crippen LogP contribution in [0, 0.1) is 0 Å². The number of aromatic nitrogens is 1. The van der Waals surface area contributed by atoms with E-state index in [4.69, 9.17) is 9.15 Å². The summed E-state index contributed by atoms with van der Waals surface area (Å²) in [4.78, 5) is 36.7. The van der Waals surface area contributed by atoms with Crippen LogP contribution < -0.4 is 4.90 Å². The number of ether oxygens (including phenoxy) is 1. The molecular formula is C30H30N4O4S. The molecule has 4 aromatic rings. The number of piperidine rings is 1. The lowest BCUT2D eigenvalue weighted by Crippen LogP contribution is -2.56. The van der Waals surface area contributed by atoms with Crippen molar-refractivity contribution in [3.63, 3.8) is 0 Å². The Morgan fingerprint density at radius 3 is 2.56 bits per heavy atom. The van der Waals surface area contributed by atoms with Gasteiger partial charge in [-0.15, -0.1) is 0 Å². The van der Waals surface area contributed by atoms with Gasteiger partial charge in [0.05, 0.1) is 20.3 Å². The number of likely N-dealkylation sites (tertiary alicyclic amines) is 1. The molecule has 2 aromatic heterocycles. The lowest BCUT2D eigenvalue weighted by molar-refractivity contribution is -0.134. The van der Waals surface area contributed by atoms with E-state index in [0.29, 0.717) is 25.3 Å². The fraction of sp³-hybridized carbons (Fsp3) is 0.300. The van der Waals surface area contributed by atoms with Crippen LogP contribution in [-0.4, -0.2) is 59.1 Å². The third-order valence-electron chi connectivity index (χ3n) is 7.86. The molecule has 8 nitrogen and oxygen atoms in total. The topological polar surface area (TPSA) is 79.1 Å². The van der Waals surface area contributed by atoms with Crippen LogP contribution in [0.25, 0.3) is 11.1 Å². The van der Waals surface area contributed by atoms with Crippen molar-refractivity contribution in [2.75, 3.05) is 31.8 Å². The first kappa shape index (κ1) is 25.3. The molecule has 0 radical (unpaired) electrons. The first-order valence-corrected chi connectivity index (χ1v) is 14.0. The third kappa shape index (κ3) is 4.72. The molecule has 2 aliphatic rings. The second kappa shape index (κ2) is 10.7. The molecule has 2 aliphatic heterocycles. The number of benzene rings is 2. The van der Waals surface area contributed by atoms with Crippen LogP contribution in [0.1, 0.15) is 34.7 Å². The van der Waals surface area contributed by atoms with Crippen molar-refractivity contribution in [3.8, 4) is 11.1 Å². The molecule has 2 aromatic carbocycles. The zero-order chi connectivity index (χ0) is 26.8. The van der Waals surface area contributed by atoms with Gasteiger partial charge in [-0.25, -0.2) is 9.78 Å². The zero-order valence-corrected chi connectivity index (χ0v) is 22.6. The molecule has 0 bridgehead atoms. The van der Waals surface area contributed by atoms with Crippen molar-refractivity contribution >= 4 is 28.9 Å². The first-order chi connectivity index (χ1) is 19.1. The minimum Gasteiger partial charge on any atom is -0.464 e. The SMILES string of the molecule is COC(=O)c1ncoc1CN1CN(c2ccccc2)C2(CCN(Cc3ccccc3-c3ccsc3)CC2)C1=O. The van der Waals surface area contributed by atoms with E-state index in [2.05, 4.69) is 68.0 Å². The van der Waals surface area contributed by atoms with Gasteiger partial charge in [-0.2, -0.15) is 11.3 Å². The number of hydrogen-bond acceptors (Lipinski definition) is 8. The molecular weight excluding hydrogens is 512 g/mol. The Bertz CT molecular complexity index is 1440. The van der Waals surface area contributed by atoms with Gasteiger partial charge in [0.2, 0.25) is 5.91 Å². The number of oxazole rings is 1. The Kier molecular flexibility index (Phi) is 6.93. The van der Waals surface area contributed by atoms with E-state index >= 15 is 0 Å². The fourth-order valence-electron chi connectivity index (χ4n) is 5.82. The van der Waals surface area contributed by atoms with E-state index in [1.54, 1.807) is 16.2 Å². The standard InChI is InChI=1S/C30H30N4O4S/c1-37-28(35)27-26(38-20-31-27)18-33-21-34(24-8-3-2-4-9-24)30(29(33)36)12-14-32(15-13-30)17-22-7-5-6-10-25(22)23-11-16-39-19-23/h2-11,16,19-20H,12-15,17-18,21H2,1H3. The quantitative estimate of drug-likeness (QED) is 0.303. The van der Waals surface area contributed by atoms with Crippen LogP contribution in [0.5, 0.6) is 0 Å². The monoisotopic (exact) mass is 542 g/mol. The van der Waals surface area contributed by atoms with Crippen molar-refractivity contribution < 1.29 is 18.7 Å². The van der Waals surface area contributed by atoms with Gasteiger partial charge < -0.3 is 19.0 Å². The van der Waals surface area contributed by atoms with Crippen LogP contribution >= 0.6 is 11.3 Å². The largest absolute Gasteiger partial charge is 0.464 e. The maximum atomic E-state index is 14.1. The number of amides is 1. The summed E-state index contributed by atoms with van der Waals surface area (Å²) in [5.74, 6) is -0.185. The van der Waals surface area contributed by atoms with Crippen LogP contribution in [0.15, 0.2) is 82.2 Å². The molecule has 4 heterocycles. The van der Waals surface area contributed by atoms with Gasteiger partial charge in [-0.3, -0.25) is 9.69 Å². The van der Waals surface area contributed by atoms with Gasteiger partial charge >= 0.3 is 5.97 Å². The average molecular weight is 543 g/mol. The van der Waals surface area contributed by atoms with Crippen molar-refractivity contribution in [2.45, 2.75) is 31.5 Å². The highest BCUT2D eigenvalue weighted by Crippen LogP contribution is 2.40. The van der Waals surface area contributed by atoms with Crippen molar-refractivity contribution in [1.82, 2.24) is 14.8 Å². The number of nitrogens with zero attached hydrogens (tertiary/aromatic N) is 4. The van der Waals surface area contributed by atoms with Gasteiger partial charge in [0.25, 0.3) is 0 Å². The number of carbonyl (C=O) groups excluding carboxylic acids is 2. The Balaban J connectivity index is 1.23. The molecule has 9 heteroatoms. The molecule has 2 fully saturated rings. The Hall–Kier alpha value is -3.95. The number of carbonyl (C=O) groups is 2. The van der Waals surface area contributed by atoms with E-state index in [1.165, 1.54) is 30.2 Å². The Morgan fingerprint density at radius 2 is 1.82 bits per heavy atom. The predicted octanol–water partition coefficient (Wildman–Crippen LogP) is 5.03. The maximum Gasteiger partial charge on any atom is 0.360 e. The van der Waals surface area contributed by atoms with E-state index < -0.39 is 11.5 Å². The molecule has 1 spiro atoms. The highest BCUT2D eigenvalue weighted by Gasteiger charge is 2.54. The summed E-state index contributed by atoms with van der Waals surface area (Å²) in [7, 11) is 1.31. The summed E-state index contributed by atoms with van der Waals surface area (Å²) >= 11 is 1.71. The number of anilines is 1. The number of hydrogen-bond donors (Lipinski definition) is 0. The normalized spacial score (nSPS) is 17.2. The maximum absolute atomic E-state index is 14.1. The Labute approximate surface area is 231 Å². The number of rotatable bonds is 7. The molecule has 200 valence electrons. The van der Waals surface area contributed by atoms with Crippen LogP contribution in [0.3, 0.4) is 0 Å². The van der Waals surface area contributed by atoms with E-state index in [0.717, 1.165) is 25.3 Å². The number of para-hydroxylation sites is 1. The second-order valence-corrected chi connectivity index (χ2v) is 10.8. The lowest BCUT2D eigenvalue weighted by Gasteiger charge is -2.43. The van der Waals surface area contributed by atoms with Gasteiger partial charge in [0, 0.05) is 25.3 Å². The number of esters is 1. The van der Waals surface area contributed by atoms with E-state index in [1.807, 2.05) is 18.2 Å². The summed E-state index contributed by atoms with van der Waals surface area (Å²) in [5.41, 5.74) is 4.27. The van der Waals surface area contributed by atoms with Crippen LogP contribution in [-0.2, 0) is 22.6 Å². The predicted molar refractivity (Wildman–Crippen MR) is 149 cm³/mol. The second-order valence-electron chi connectivity index (χ2n) is 10.0. The van der Waals surface area contributed by atoms with Gasteiger partial charge in [-0.1, -0.05) is 42.5 Å². The summed E-state index contributed by atoms with van der Waals surface area (Å²) in [6.45, 7) is 3.01. The summed E-state index contributed by atoms with van der Waals surface area (Å²) < 4.78 is 10.3. The van der Waals surface area contributed by atoms with Gasteiger partial charge in [0.15, 0.2) is 17.8 Å². The fourth-order valence-corrected chi connectivity index (χ4v) is 6.48. The highest BCUT2D eigenvalue weighted by molar-refractivity contribution is 7.08. The first-order valence-electron chi connectivity index (χ1n) is 13.0. The molecule has 0 aliphatic carbocycles. The third-order valence-corrected chi connectivity index (χ3v) is 8.55. The molecule has 0 N–H and O–H groups in total. The number of thiophene rings is 1. The minimum absolute atomic E-state index is 0.0527. The lowest BCUT2D eigenvalue weighted by atomic mass is 9.85. The molecule has 0 saturated carbocycles. The average Bonchev–Trinajstić information content (AvgIpc) is 3.73. The minimum atomic E-state index is -0.657. The molecule has 0 unspecified atom stereocenters. The summed E-state index contributed by atoms with van der Waals surface area (Å²) in [6.07, 6.45) is 2.63. The summed E-state index contributed by atoms with van der Waals surface area (Å²) in [6, 6.07) is 20.8.